The molecule has 0 atom stereocenters. The molecule has 0 radical (unpaired) electrons. The molecule has 0 spiro atoms. The second-order valence-corrected chi connectivity index (χ2v) is 6.50. The van der Waals surface area contributed by atoms with Gasteiger partial charge in [0.05, 0.1) is 11.3 Å². The predicted molar refractivity (Wildman–Crippen MR) is 105 cm³/mol. The number of aromatic nitrogens is 1. The smallest absolute Gasteiger partial charge is 0.330 e. The van der Waals surface area contributed by atoms with Crippen LogP contribution in [0.3, 0.4) is 0 Å². The first-order valence-electron chi connectivity index (χ1n) is 8.29. The van der Waals surface area contributed by atoms with Gasteiger partial charge in [-0.1, -0.05) is 78.3 Å². The molecular formula is C22H16ClNO2. The van der Waals surface area contributed by atoms with Crippen molar-refractivity contribution in [2.75, 3.05) is 0 Å². The fourth-order valence-corrected chi connectivity index (χ4v) is 3.23. The van der Waals surface area contributed by atoms with E-state index in [-0.39, 0.29) is 5.63 Å². The van der Waals surface area contributed by atoms with Crippen LogP contribution in [0.5, 0.6) is 0 Å². The minimum absolute atomic E-state index is 0.380. The van der Waals surface area contributed by atoms with E-state index >= 15 is 0 Å². The summed E-state index contributed by atoms with van der Waals surface area (Å²) in [4.78, 5) is 12.8. The molecule has 0 aliphatic rings. The van der Waals surface area contributed by atoms with Crippen LogP contribution in [0.4, 0.5) is 0 Å². The lowest BCUT2D eigenvalue weighted by molar-refractivity contribution is 0.326. The summed E-state index contributed by atoms with van der Waals surface area (Å²) in [7, 11) is 0. The van der Waals surface area contributed by atoms with E-state index in [1.807, 2.05) is 79.7 Å². The van der Waals surface area contributed by atoms with Crippen molar-refractivity contribution < 1.29 is 4.52 Å². The van der Waals surface area contributed by atoms with E-state index < -0.39 is 0 Å². The van der Waals surface area contributed by atoms with Crippen LogP contribution in [-0.2, 0) is 0 Å². The second kappa shape index (κ2) is 6.70. The van der Waals surface area contributed by atoms with E-state index in [0.29, 0.717) is 16.3 Å². The van der Waals surface area contributed by atoms with Crippen LogP contribution in [0.2, 0.25) is 5.02 Å². The summed E-state index contributed by atoms with van der Waals surface area (Å²) < 4.78 is 7.26. The molecule has 26 heavy (non-hydrogen) atoms. The molecule has 0 aliphatic heterocycles. The van der Waals surface area contributed by atoms with Crippen molar-refractivity contribution in [2.24, 2.45) is 0 Å². The Morgan fingerprint density at radius 3 is 2.12 bits per heavy atom. The van der Waals surface area contributed by atoms with Gasteiger partial charge in [0, 0.05) is 10.6 Å². The van der Waals surface area contributed by atoms with Crippen molar-refractivity contribution in [3.63, 3.8) is 0 Å². The number of nitrogens with zero attached hydrogens (tertiary/aromatic N) is 1. The molecule has 0 saturated heterocycles. The first-order valence-corrected chi connectivity index (χ1v) is 8.66. The molecule has 0 N–H and O–H groups in total. The highest BCUT2D eigenvalue weighted by molar-refractivity contribution is 6.30. The van der Waals surface area contributed by atoms with E-state index in [1.165, 1.54) is 0 Å². The number of aryl methyl sites for hydroxylation is 1. The normalized spacial score (nSPS) is 10.8. The average Bonchev–Trinajstić information content (AvgIpc) is 3.02. The molecule has 4 aromatic rings. The Morgan fingerprint density at radius 1 is 0.846 bits per heavy atom. The maximum atomic E-state index is 12.8. The van der Waals surface area contributed by atoms with E-state index in [1.54, 1.807) is 10.8 Å². The molecule has 0 saturated carbocycles. The van der Waals surface area contributed by atoms with E-state index in [0.717, 1.165) is 22.4 Å². The van der Waals surface area contributed by atoms with Crippen molar-refractivity contribution in [3.8, 4) is 28.1 Å². The third-order valence-electron chi connectivity index (χ3n) is 4.32. The van der Waals surface area contributed by atoms with Crippen molar-refractivity contribution in [2.45, 2.75) is 6.92 Å². The molecule has 4 heteroatoms. The topological polar surface area (TPSA) is 35.1 Å². The monoisotopic (exact) mass is 361 g/mol. The van der Waals surface area contributed by atoms with Crippen molar-refractivity contribution >= 4 is 11.6 Å². The first-order chi connectivity index (χ1) is 12.6. The summed E-state index contributed by atoms with van der Waals surface area (Å²) in [5, 5.41) is 0.585. The molecule has 128 valence electrons. The van der Waals surface area contributed by atoms with E-state index in [9.17, 15) is 4.79 Å². The Kier molecular flexibility index (Phi) is 4.23. The molecule has 4 rings (SSSR count). The number of halogens is 1. The zero-order valence-electron chi connectivity index (χ0n) is 14.1. The maximum Gasteiger partial charge on any atom is 0.366 e. The molecule has 0 aliphatic carbocycles. The van der Waals surface area contributed by atoms with Gasteiger partial charge in [-0.05, 0) is 30.2 Å². The van der Waals surface area contributed by atoms with Gasteiger partial charge in [0.25, 0.3) is 0 Å². The SMILES string of the molecule is Cc1ccc(Cl)cc1-n1oc(=O)c(-c2ccccc2)c1-c1ccccc1. The van der Waals surface area contributed by atoms with Gasteiger partial charge < -0.3 is 4.52 Å². The van der Waals surface area contributed by atoms with Crippen LogP contribution in [0, 0.1) is 6.92 Å². The average molecular weight is 362 g/mol. The van der Waals surface area contributed by atoms with Crippen LogP contribution >= 0.6 is 11.6 Å². The van der Waals surface area contributed by atoms with Crippen molar-refractivity contribution in [3.05, 3.63) is 99.9 Å². The van der Waals surface area contributed by atoms with Crippen LogP contribution in [0.25, 0.3) is 28.1 Å². The van der Waals surface area contributed by atoms with Gasteiger partial charge in [-0.15, -0.1) is 0 Å². The summed E-state index contributed by atoms with van der Waals surface area (Å²) in [5.74, 6) is 0. The van der Waals surface area contributed by atoms with Gasteiger partial charge in [0.2, 0.25) is 0 Å². The lowest BCUT2D eigenvalue weighted by Gasteiger charge is -2.11. The molecular weight excluding hydrogens is 346 g/mol. The number of benzene rings is 3. The minimum atomic E-state index is -0.380. The lowest BCUT2D eigenvalue weighted by atomic mass is 10.0. The zero-order valence-corrected chi connectivity index (χ0v) is 14.9. The van der Waals surface area contributed by atoms with Gasteiger partial charge in [0.1, 0.15) is 5.69 Å². The van der Waals surface area contributed by atoms with Crippen LogP contribution < -0.4 is 5.63 Å². The zero-order chi connectivity index (χ0) is 18.1. The Morgan fingerprint density at radius 2 is 1.46 bits per heavy atom. The summed E-state index contributed by atoms with van der Waals surface area (Å²) in [6.07, 6.45) is 0. The molecule has 0 amide bonds. The van der Waals surface area contributed by atoms with Gasteiger partial charge in [-0.25, -0.2) is 4.79 Å². The molecule has 3 aromatic carbocycles. The van der Waals surface area contributed by atoms with Gasteiger partial charge >= 0.3 is 5.63 Å². The lowest BCUT2D eigenvalue weighted by Crippen LogP contribution is -1.99. The highest BCUT2D eigenvalue weighted by Gasteiger charge is 2.22. The number of rotatable bonds is 3. The maximum absolute atomic E-state index is 12.8. The Balaban J connectivity index is 2.08. The Bertz CT molecular complexity index is 1110. The van der Waals surface area contributed by atoms with Gasteiger partial charge in [-0.3, -0.25) is 0 Å². The Hall–Kier alpha value is -3.04. The van der Waals surface area contributed by atoms with Crippen LogP contribution in [0.15, 0.2) is 88.2 Å². The molecule has 3 nitrogen and oxygen atoms in total. The van der Waals surface area contributed by atoms with E-state index in [4.69, 9.17) is 16.1 Å². The Labute approximate surface area is 156 Å². The summed E-state index contributed by atoms with van der Waals surface area (Å²) >= 11 is 6.20. The van der Waals surface area contributed by atoms with E-state index in [2.05, 4.69) is 0 Å². The van der Waals surface area contributed by atoms with Crippen molar-refractivity contribution in [1.82, 2.24) is 4.74 Å². The van der Waals surface area contributed by atoms with Crippen LogP contribution in [0.1, 0.15) is 5.56 Å². The largest absolute Gasteiger partial charge is 0.366 e. The highest BCUT2D eigenvalue weighted by Crippen LogP contribution is 2.33. The quantitative estimate of drug-likeness (QED) is 0.467. The molecule has 0 bridgehead atoms. The predicted octanol–water partition coefficient (Wildman–Crippen LogP) is 5.73. The van der Waals surface area contributed by atoms with Gasteiger partial charge in [-0.2, -0.15) is 4.74 Å². The molecule has 0 unspecified atom stereocenters. The number of hydrogen-bond acceptors (Lipinski definition) is 2. The third-order valence-corrected chi connectivity index (χ3v) is 4.55. The summed E-state index contributed by atoms with van der Waals surface area (Å²) in [6.45, 7) is 1.96. The third kappa shape index (κ3) is 2.87. The fourth-order valence-electron chi connectivity index (χ4n) is 3.06. The molecule has 1 aromatic heterocycles. The first kappa shape index (κ1) is 16.4. The van der Waals surface area contributed by atoms with Gasteiger partial charge in [0.15, 0.2) is 0 Å². The van der Waals surface area contributed by atoms with Crippen LogP contribution in [-0.4, -0.2) is 4.74 Å². The molecule has 1 heterocycles. The minimum Gasteiger partial charge on any atom is -0.330 e. The highest BCUT2D eigenvalue weighted by atomic mass is 35.5. The fraction of sp³-hybridized carbons (Fsp3) is 0.0455. The molecule has 0 fully saturated rings. The summed E-state index contributed by atoms with van der Waals surface area (Å²) in [5.41, 5.74) is 4.30. The number of hydrogen-bond donors (Lipinski definition) is 0. The van der Waals surface area contributed by atoms with Crippen molar-refractivity contribution in [1.29, 1.82) is 0 Å². The summed E-state index contributed by atoms with van der Waals surface area (Å²) in [6, 6.07) is 24.9. The standard InChI is InChI=1S/C22H16ClNO2/c1-15-12-13-18(23)14-19(15)24-21(17-10-6-3-7-11-17)20(22(25)26-24)16-8-4-2-5-9-16/h2-14H,1H3. The second-order valence-electron chi connectivity index (χ2n) is 6.06.